The maximum absolute atomic E-state index is 12.6. The van der Waals surface area contributed by atoms with Crippen molar-refractivity contribution in [2.75, 3.05) is 11.9 Å². The molecule has 1 aromatic heterocycles. The zero-order valence-corrected chi connectivity index (χ0v) is 23.5. The number of aliphatic hydroxyl groups is 1. The van der Waals surface area contributed by atoms with Gasteiger partial charge in [0, 0.05) is 12.1 Å². The molecule has 0 radical (unpaired) electrons. The lowest BCUT2D eigenvalue weighted by molar-refractivity contribution is -0.124. The molecule has 0 unspecified atom stereocenters. The monoisotopic (exact) mass is 528 g/mol. The molecule has 0 bridgehead atoms. The van der Waals surface area contributed by atoms with Gasteiger partial charge in [-0.1, -0.05) is 85.7 Å². The number of aliphatic hydroxyl groups excluding tert-OH is 1. The number of rotatable bonds is 10. The first-order valence-electron chi connectivity index (χ1n) is 13.3. The van der Waals surface area contributed by atoms with Crippen LogP contribution in [0.3, 0.4) is 0 Å². The van der Waals surface area contributed by atoms with E-state index in [4.69, 9.17) is 0 Å². The molecule has 4 N–H and O–H groups in total. The summed E-state index contributed by atoms with van der Waals surface area (Å²) in [6, 6.07) is 10.1. The van der Waals surface area contributed by atoms with Gasteiger partial charge in [-0.2, -0.15) is 5.10 Å². The summed E-state index contributed by atoms with van der Waals surface area (Å²) in [4.78, 5) is 25.1. The van der Waals surface area contributed by atoms with Crippen molar-refractivity contribution in [2.24, 2.45) is 5.41 Å². The van der Waals surface area contributed by atoms with E-state index in [0.717, 1.165) is 23.3 Å². The van der Waals surface area contributed by atoms with Gasteiger partial charge in [-0.05, 0) is 62.2 Å². The molecule has 7 nitrogen and oxygen atoms in total. The lowest BCUT2D eigenvalue weighted by Gasteiger charge is -2.32. The highest BCUT2D eigenvalue weighted by molar-refractivity contribution is 5.99. The van der Waals surface area contributed by atoms with Gasteiger partial charge in [0.25, 0.3) is 5.91 Å². The number of aromatic amines is 1. The predicted molar refractivity (Wildman–Crippen MR) is 158 cm³/mol. The second kappa shape index (κ2) is 13.7. The number of benzene rings is 1. The molecule has 39 heavy (non-hydrogen) atoms. The Morgan fingerprint density at radius 3 is 2.59 bits per heavy atom. The summed E-state index contributed by atoms with van der Waals surface area (Å²) in [5.74, 6) is -0.729. The second-order valence-corrected chi connectivity index (χ2v) is 10.7. The van der Waals surface area contributed by atoms with Gasteiger partial charge in [0.15, 0.2) is 5.82 Å². The van der Waals surface area contributed by atoms with Crippen LogP contribution in [-0.4, -0.2) is 39.8 Å². The Morgan fingerprint density at radius 2 is 1.90 bits per heavy atom. The van der Waals surface area contributed by atoms with Gasteiger partial charge in [0.05, 0.1) is 12.3 Å². The molecule has 0 aliphatic heterocycles. The molecule has 1 heterocycles. The van der Waals surface area contributed by atoms with Crippen LogP contribution in [0.1, 0.15) is 53.9 Å². The Balaban J connectivity index is 1.54. The van der Waals surface area contributed by atoms with Crippen LogP contribution in [0, 0.1) is 5.41 Å². The molecule has 2 amide bonds. The molecule has 3 rings (SSSR count). The Kier molecular flexibility index (Phi) is 10.4. The maximum atomic E-state index is 12.6. The van der Waals surface area contributed by atoms with E-state index in [1.807, 2.05) is 55.5 Å². The Bertz CT molecular complexity index is 1310. The van der Waals surface area contributed by atoms with Crippen molar-refractivity contribution in [1.82, 2.24) is 15.5 Å². The highest BCUT2D eigenvalue weighted by atomic mass is 16.3. The van der Waals surface area contributed by atoms with E-state index < -0.39 is 24.5 Å². The van der Waals surface area contributed by atoms with E-state index >= 15 is 0 Å². The standard InChI is InChI=1S/C32H40N4O3/c1-22(16-17-26-24(3)13-10-18-32(26,4)5)11-9-12-23(2)19-30(38)33-28(21-37)31(39)34-29-20-27(35-36-29)25-14-7-6-8-15-25/h6-9,11-12,14-17,19-20,28,37H,10,13,18,21H2,1-5H3,(H,33,38)(H2,34,35,36,39)/t28-/m0/s1. The van der Waals surface area contributed by atoms with E-state index in [1.54, 1.807) is 13.0 Å². The minimum Gasteiger partial charge on any atom is -0.394 e. The van der Waals surface area contributed by atoms with Gasteiger partial charge in [0.2, 0.25) is 5.91 Å². The number of hydrogen-bond donors (Lipinski definition) is 4. The fraction of sp³-hybridized carbons (Fsp3) is 0.344. The summed E-state index contributed by atoms with van der Waals surface area (Å²) in [5.41, 5.74) is 6.57. The van der Waals surface area contributed by atoms with E-state index in [-0.39, 0.29) is 5.41 Å². The summed E-state index contributed by atoms with van der Waals surface area (Å²) < 4.78 is 0. The Morgan fingerprint density at radius 1 is 1.15 bits per heavy atom. The molecule has 1 atom stereocenters. The summed E-state index contributed by atoms with van der Waals surface area (Å²) in [6.07, 6.45) is 15.1. The Hall–Kier alpha value is -3.97. The number of hydrogen-bond acceptors (Lipinski definition) is 4. The smallest absolute Gasteiger partial charge is 0.250 e. The summed E-state index contributed by atoms with van der Waals surface area (Å²) in [5, 5.41) is 21.8. The zero-order valence-electron chi connectivity index (χ0n) is 23.5. The number of aromatic nitrogens is 2. The van der Waals surface area contributed by atoms with Crippen LogP contribution >= 0.6 is 0 Å². The quantitative estimate of drug-likeness (QED) is 0.223. The maximum Gasteiger partial charge on any atom is 0.250 e. The van der Waals surface area contributed by atoms with E-state index in [0.29, 0.717) is 11.4 Å². The van der Waals surface area contributed by atoms with E-state index in [1.165, 1.54) is 30.1 Å². The van der Waals surface area contributed by atoms with Crippen LogP contribution < -0.4 is 10.6 Å². The van der Waals surface area contributed by atoms with Crippen LogP contribution in [0.15, 0.2) is 95.1 Å². The molecule has 0 saturated heterocycles. The fourth-order valence-corrected chi connectivity index (χ4v) is 4.66. The van der Waals surface area contributed by atoms with Crippen molar-refractivity contribution in [3.8, 4) is 11.3 Å². The van der Waals surface area contributed by atoms with Crippen molar-refractivity contribution < 1.29 is 14.7 Å². The van der Waals surface area contributed by atoms with E-state index in [2.05, 4.69) is 53.8 Å². The minimum absolute atomic E-state index is 0.203. The number of allylic oxidation sites excluding steroid dienone is 9. The molecule has 2 aromatic rings. The number of H-pyrrole nitrogens is 1. The third-order valence-corrected chi connectivity index (χ3v) is 6.86. The van der Waals surface area contributed by atoms with Crippen molar-refractivity contribution in [3.05, 3.63) is 95.1 Å². The molecular weight excluding hydrogens is 488 g/mol. The van der Waals surface area contributed by atoms with Crippen LogP contribution in [0.2, 0.25) is 0 Å². The topological polar surface area (TPSA) is 107 Å². The molecule has 1 aliphatic carbocycles. The SMILES string of the molecule is CC(C=CC1=C(C)CCCC1(C)C)=CC=CC(C)=CC(=O)N[C@@H](CO)C(=O)Nc1cc(-c2ccccc2)[nH]n1. The largest absolute Gasteiger partial charge is 0.394 e. The number of carbonyl (C=O) groups excluding carboxylic acids is 2. The van der Waals surface area contributed by atoms with Gasteiger partial charge >= 0.3 is 0 Å². The van der Waals surface area contributed by atoms with Crippen molar-refractivity contribution in [1.29, 1.82) is 0 Å². The average Bonchev–Trinajstić information content (AvgIpc) is 3.35. The lowest BCUT2D eigenvalue weighted by Crippen LogP contribution is -2.45. The highest BCUT2D eigenvalue weighted by Crippen LogP contribution is 2.40. The van der Waals surface area contributed by atoms with Gasteiger partial charge in [-0.3, -0.25) is 14.7 Å². The van der Waals surface area contributed by atoms with Gasteiger partial charge in [-0.25, -0.2) is 0 Å². The first-order valence-corrected chi connectivity index (χ1v) is 13.3. The number of amides is 2. The Labute approximate surface area is 231 Å². The minimum atomic E-state index is -1.11. The average molecular weight is 529 g/mol. The molecule has 1 aromatic carbocycles. The van der Waals surface area contributed by atoms with E-state index in [9.17, 15) is 14.7 Å². The lowest BCUT2D eigenvalue weighted by atomic mass is 9.72. The number of anilines is 1. The summed E-state index contributed by atoms with van der Waals surface area (Å²) in [6.45, 7) is 10.1. The molecule has 0 saturated carbocycles. The van der Waals surface area contributed by atoms with Gasteiger partial charge in [-0.15, -0.1) is 0 Å². The van der Waals surface area contributed by atoms with Crippen molar-refractivity contribution >= 4 is 17.6 Å². The molecule has 0 spiro atoms. The fourth-order valence-electron chi connectivity index (χ4n) is 4.66. The van der Waals surface area contributed by atoms with Crippen molar-refractivity contribution in [3.63, 3.8) is 0 Å². The zero-order chi connectivity index (χ0) is 28.4. The first kappa shape index (κ1) is 29.6. The molecule has 0 fully saturated rings. The second-order valence-electron chi connectivity index (χ2n) is 10.7. The van der Waals surface area contributed by atoms with Gasteiger partial charge < -0.3 is 15.7 Å². The molecule has 1 aliphatic rings. The number of carbonyl (C=O) groups is 2. The first-order chi connectivity index (χ1) is 18.6. The van der Waals surface area contributed by atoms with Crippen LogP contribution in [0.25, 0.3) is 11.3 Å². The number of nitrogens with zero attached hydrogens (tertiary/aromatic N) is 1. The summed E-state index contributed by atoms with van der Waals surface area (Å²) >= 11 is 0. The normalized spacial score (nSPS) is 17.1. The molecule has 7 heteroatoms. The number of nitrogens with one attached hydrogen (secondary N) is 3. The third-order valence-electron chi connectivity index (χ3n) is 6.86. The van der Waals surface area contributed by atoms with Crippen LogP contribution in [0.5, 0.6) is 0 Å². The molecular formula is C32H40N4O3. The van der Waals surface area contributed by atoms with Gasteiger partial charge in [0.1, 0.15) is 6.04 Å². The summed E-state index contributed by atoms with van der Waals surface area (Å²) in [7, 11) is 0. The molecule has 206 valence electrons. The van der Waals surface area contributed by atoms with Crippen LogP contribution in [0.4, 0.5) is 5.82 Å². The predicted octanol–water partition coefficient (Wildman–Crippen LogP) is 6.02. The third kappa shape index (κ3) is 8.79. The van der Waals surface area contributed by atoms with Crippen molar-refractivity contribution in [2.45, 2.75) is 59.9 Å². The van der Waals surface area contributed by atoms with Crippen LogP contribution in [-0.2, 0) is 9.59 Å². The highest BCUT2D eigenvalue weighted by Gasteiger charge is 2.26.